The molecule has 1 aromatic carbocycles. The van der Waals surface area contributed by atoms with Crippen molar-refractivity contribution in [1.82, 2.24) is 5.32 Å². The highest BCUT2D eigenvalue weighted by molar-refractivity contribution is 5.81. The molecule has 0 aliphatic carbocycles. The van der Waals surface area contributed by atoms with Crippen LogP contribution in [0.4, 0.5) is 5.69 Å². The van der Waals surface area contributed by atoms with E-state index in [0.29, 0.717) is 12.0 Å². The lowest BCUT2D eigenvalue weighted by Crippen LogP contribution is -2.40. The van der Waals surface area contributed by atoms with E-state index in [1.54, 1.807) is 12.1 Å². The van der Waals surface area contributed by atoms with Crippen molar-refractivity contribution in [2.45, 2.75) is 38.8 Å². The van der Waals surface area contributed by atoms with Crippen molar-refractivity contribution in [1.29, 1.82) is 0 Å². The molecule has 0 radical (unpaired) electrons. The molecule has 1 aromatic rings. The first-order chi connectivity index (χ1) is 9.04. The smallest absolute Gasteiger partial charge is 0.269 e. The molecule has 1 atom stereocenters. The second-order valence-electron chi connectivity index (χ2n) is 4.39. The summed E-state index contributed by atoms with van der Waals surface area (Å²) in [7, 11) is 0. The Hall–Kier alpha value is -1.95. The van der Waals surface area contributed by atoms with Gasteiger partial charge in [0.25, 0.3) is 5.69 Å². The number of carbonyl (C=O) groups is 1. The van der Waals surface area contributed by atoms with Gasteiger partial charge in [-0.05, 0) is 12.0 Å². The Morgan fingerprint density at radius 2 is 2.26 bits per heavy atom. The summed E-state index contributed by atoms with van der Waals surface area (Å²) >= 11 is 0. The van der Waals surface area contributed by atoms with E-state index in [1.165, 1.54) is 12.1 Å². The largest absolute Gasteiger partial charge is 0.351 e. The lowest BCUT2D eigenvalue weighted by Gasteiger charge is -2.11. The van der Waals surface area contributed by atoms with E-state index in [9.17, 15) is 14.9 Å². The molecule has 1 rings (SSSR count). The molecule has 0 heterocycles. The molecule has 0 aliphatic heterocycles. The number of hydrogen-bond donors (Lipinski definition) is 2. The monoisotopic (exact) mass is 265 g/mol. The zero-order valence-electron chi connectivity index (χ0n) is 11.0. The van der Waals surface area contributed by atoms with Gasteiger partial charge in [0.2, 0.25) is 5.91 Å². The fraction of sp³-hybridized carbons (Fsp3) is 0.462. The quantitative estimate of drug-likeness (QED) is 0.579. The SMILES string of the molecule is CCCCC(N)C(=O)NCc1cccc([N+](=O)[O-])c1. The Bertz CT molecular complexity index is 449. The van der Waals surface area contributed by atoms with Crippen LogP contribution in [0.2, 0.25) is 0 Å². The molecule has 19 heavy (non-hydrogen) atoms. The van der Waals surface area contributed by atoms with Gasteiger partial charge in [0.15, 0.2) is 0 Å². The summed E-state index contributed by atoms with van der Waals surface area (Å²) in [6.07, 6.45) is 2.55. The molecule has 0 fully saturated rings. The van der Waals surface area contributed by atoms with E-state index in [4.69, 9.17) is 5.73 Å². The maximum absolute atomic E-state index is 11.7. The highest BCUT2D eigenvalue weighted by atomic mass is 16.6. The highest BCUT2D eigenvalue weighted by Gasteiger charge is 2.12. The number of rotatable bonds is 7. The number of amides is 1. The molecular formula is C13H19N3O3. The molecule has 6 heteroatoms. The topological polar surface area (TPSA) is 98.3 Å². The Morgan fingerprint density at radius 3 is 2.89 bits per heavy atom. The predicted molar refractivity (Wildman–Crippen MR) is 72.4 cm³/mol. The first-order valence-corrected chi connectivity index (χ1v) is 6.31. The minimum absolute atomic E-state index is 0.0158. The van der Waals surface area contributed by atoms with Gasteiger partial charge in [0.05, 0.1) is 11.0 Å². The van der Waals surface area contributed by atoms with Crippen LogP contribution >= 0.6 is 0 Å². The highest BCUT2D eigenvalue weighted by Crippen LogP contribution is 2.12. The van der Waals surface area contributed by atoms with Crippen molar-refractivity contribution in [2.75, 3.05) is 0 Å². The van der Waals surface area contributed by atoms with Crippen LogP contribution in [0.25, 0.3) is 0 Å². The van der Waals surface area contributed by atoms with E-state index in [-0.39, 0.29) is 18.1 Å². The van der Waals surface area contributed by atoms with Crippen molar-refractivity contribution in [3.63, 3.8) is 0 Å². The molecule has 3 N–H and O–H groups in total. The van der Waals surface area contributed by atoms with Crippen LogP contribution in [0.1, 0.15) is 31.7 Å². The summed E-state index contributed by atoms with van der Waals surface area (Å²) in [5, 5.41) is 13.3. The number of nitro benzene ring substituents is 1. The van der Waals surface area contributed by atoms with Gasteiger partial charge >= 0.3 is 0 Å². The predicted octanol–water partition coefficient (Wildman–Crippen LogP) is 1.73. The third-order valence-electron chi connectivity index (χ3n) is 2.79. The van der Waals surface area contributed by atoms with E-state index >= 15 is 0 Å². The zero-order chi connectivity index (χ0) is 14.3. The van der Waals surface area contributed by atoms with Crippen molar-refractivity contribution in [3.8, 4) is 0 Å². The number of nitrogens with two attached hydrogens (primary N) is 1. The summed E-state index contributed by atoms with van der Waals surface area (Å²) in [5.74, 6) is -0.222. The van der Waals surface area contributed by atoms with Gasteiger partial charge in [-0.2, -0.15) is 0 Å². The molecule has 0 aromatic heterocycles. The molecular weight excluding hydrogens is 246 g/mol. The summed E-state index contributed by atoms with van der Waals surface area (Å²) < 4.78 is 0. The molecule has 0 saturated carbocycles. The lowest BCUT2D eigenvalue weighted by molar-refractivity contribution is -0.384. The first kappa shape index (κ1) is 15.1. The Labute approximate surface area is 112 Å². The van der Waals surface area contributed by atoms with Crippen LogP contribution in [0.15, 0.2) is 24.3 Å². The maximum atomic E-state index is 11.7. The zero-order valence-corrected chi connectivity index (χ0v) is 11.0. The average molecular weight is 265 g/mol. The lowest BCUT2D eigenvalue weighted by atomic mass is 10.1. The summed E-state index contributed by atoms with van der Waals surface area (Å²) in [4.78, 5) is 21.8. The summed E-state index contributed by atoms with van der Waals surface area (Å²) in [5.41, 5.74) is 6.43. The normalized spacial score (nSPS) is 11.9. The van der Waals surface area contributed by atoms with Crippen LogP contribution in [0.3, 0.4) is 0 Å². The fourth-order valence-electron chi connectivity index (χ4n) is 1.66. The average Bonchev–Trinajstić information content (AvgIpc) is 2.42. The minimum Gasteiger partial charge on any atom is -0.351 e. The van der Waals surface area contributed by atoms with Crippen molar-refractivity contribution < 1.29 is 9.72 Å². The second kappa shape index (κ2) is 7.48. The molecule has 0 bridgehead atoms. The molecule has 0 aliphatic rings. The Balaban J connectivity index is 2.50. The van der Waals surface area contributed by atoms with Crippen molar-refractivity contribution >= 4 is 11.6 Å². The minimum atomic E-state index is -0.515. The first-order valence-electron chi connectivity index (χ1n) is 6.31. The van der Waals surface area contributed by atoms with Gasteiger partial charge in [-0.3, -0.25) is 14.9 Å². The van der Waals surface area contributed by atoms with E-state index < -0.39 is 11.0 Å². The number of hydrogen-bond acceptors (Lipinski definition) is 4. The number of unbranched alkanes of at least 4 members (excludes halogenated alkanes) is 1. The van der Waals surface area contributed by atoms with Gasteiger partial charge in [-0.25, -0.2) is 0 Å². The van der Waals surface area contributed by atoms with Crippen LogP contribution in [0.5, 0.6) is 0 Å². The number of nitro groups is 1. The van der Waals surface area contributed by atoms with Crippen LogP contribution in [-0.2, 0) is 11.3 Å². The second-order valence-corrected chi connectivity index (χ2v) is 4.39. The van der Waals surface area contributed by atoms with Gasteiger partial charge in [-0.1, -0.05) is 31.9 Å². The van der Waals surface area contributed by atoms with Gasteiger partial charge in [-0.15, -0.1) is 0 Å². The number of carbonyl (C=O) groups excluding carboxylic acids is 1. The van der Waals surface area contributed by atoms with Gasteiger partial charge < -0.3 is 11.1 Å². The summed E-state index contributed by atoms with van der Waals surface area (Å²) in [6.45, 7) is 2.29. The number of benzene rings is 1. The van der Waals surface area contributed by atoms with Crippen LogP contribution < -0.4 is 11.1 Å². The third-order valence-corrected chi connectivity index (χ3v) is 2.79. The van der Waals surface area contributed by atoms with E-state index in [0.717, 1.165) is 12.8 Å². The molecule has 0 spiro atoms. The maximum Gasteiger partial charge on any atom is 0.269 e. The van der Waals surface area contributed by atoms with Gasteiger partial charge in [0.1, 0.15) is 0 Å². The van der Waals surface area contributed by atoms with Gasteiger partial charge in [0, 0.05) is 18.7 Å². The summed E-state index contributed by atoms with van der Waals surface area (Å²) in [6, 6.07) is 5.66. The Morgan fingerprint density at radius 1 is 1.53 bits per heavy atom. The molecule has 6 nitrogen and oxygen atoms in total. The molecule has 1 unspecified atom stereocenters. The molecule has 0 saturated heterocycles. The number of non-ortho nitro benzene ring substituents is 1. The number of nitrogens with zero attached hydrogens (tertiary/aromatic N) is 1. The van der Waals surface area contributed by atoms with E-state index in [2.05, 4.69) is 5.32 Å². The van der Waals surface area contributed by atoms with E-state index in [1.807, 2.05) is 6.92 Å². The van der Waals surface area contributed by atoms with Crippen LogP contribution in [-0.4, -0.2) is 16.9 Å². The fourth-order valence-corrected chi connectivity index (χ4v) is 1.66. The third kappa shape index (κ3) is 5.05. The van der Waals surface area contributed by atoms with Crippen molar-refractivity contribution in [3.05, 3.63) is 39.9 Å². The van der Waals surface area contributed by atoms with Crippen molar-refractivity contribution in [2.24, 2.45) is 5.73 Å². The van der Waals surface area contributed by atoms with Crippen LogP contribution in [0, 0.1) is 10.1 Å². The Kier molecular flexibility index (Phi) is 5.95. The molecule has 1 amide bonds. The standard InChI is InChI=1S/C13H19N3O3/c1-2-3-7-12(14)13(17)15-9-10-5-4-6-11(8-10)16(18)19/h4-6,8,12H,2-3,7,9,14H2,1H3,(H,15,17). The number of nitrogens with one attached hydrogen (secondary N) is 1. The molecule has 104 valence electrons.